The van der Waals surface area contributed by atoms with Crippen molar-refractivity contribution in [2.24, 2.45) is 0 Å². The number of carbonyl (C=O) groups excluding carboxylic acids is 1. The highest BCUT2D eigenvalue weighted by atomic mass is 16.5. The predicted octanol–water partition coefficient (Wildman–Crippen LogP) is 6.79. The first-order valence-corrected chi connectivity index (χ1v) is 15.7. The summed E-state index contributed by atoms with van der Waals surface area (Å²) < 4.78 is 17.2. The van der Waals surface area contributed by atoms with E-state index in [1.165, 1.54) is 5.69 Å². The third-order valence-electron chi connectivity index (χ3n) is 8.55. The first-order valence-electron chi connectivity index (χ1n) is 15.7. The molecule has 3 aromatic carbocycles. The average molecular weight is 616 g/mol. The third kappa shape index (κ3) is 6.55. The second kappa shape index (κ2) is 13.4. The molecule has 46 heavy (non-hydrogen) atoms. The standard InChI is InChI=1S/C37H37N5O4/c1-44-36-23-27(6-13-33(36)39-28-3-2-15-38-24-28)26-5-11-31-34(22-26)40-32-12-4-25(21-35(32)41-37(31)43)14-18-46-30-9-7-29(8-10-30)42-16-19-45-20-17-42/h2-4,6-10,12-13,15,21-24,39-40H,5,11,14,16-20H2,1H3,(H,41,43). The van der Waals surface area contributed by atoms with Gasteiger partial charge in [0.15, 0.2) is 0 Å². The molecule has 9 nitrogen and oxygen atoms in total. The molecular weight excluding hydrogens is 578 g/mol. The zero-order chi connectivity index (χ0) is 31.3. The van der Waals surface area contributed by atoms with Gasteiger partial charge in [-0.05, 0) is 96.3 Å². The van der Waals surface area contributed by atoms with Crippen LogP contribution in [0.3, 0.4) is 0 Å². The van der Waals surface area contributed by atoms with E-state index >= 15 is 0 Å². The van der Waals surface area contributed by atoms with E-state index in [1.54, 1.807) is 19.5 Å². The molecule has 3 heterocycles. The fourth-order valence-electron chi connectivity index (χ4n) is 6.05. The van der Waals surface area contributed by atoms with Crippen molar-refractivity contribution in [1.82, 2.24) is 4.98 Å². The van der Waals surface area contributed by atoms with Crippen LogP contribution in [-0.4, -0.2) is 50.9 Å². The van der Waals surface area contributed by atoms with Gasteiger partial charge < -0.3 is 35.1 Å². The summed E-state index contributed by atoms with van der Waals surface area (Å²) in [7, 11) is 1.67. The van der Waals surface area contributed by atoms with Crippen molar-refractivity contribution in [3.05, 3.63) is 114 Å². The molecule has 1 aromatic heterocycles. The smallest absolute Gasteiger partial charge is 0.253 e. The molecule has 4 aromatic rings. The Hall–Kier alpha value is -5.28. The summed E-state index contributed by atoms with van der Waals surface area (Å²) in [6.07, 6.45) is 7.71. The number of ether oxygens (including phenoxy) is 3. The number of allylic oxidation sites excluding steroid dienone is 2. The number of fused-ring (bicyclic) bond motifs is 1. The van der Waals surface area contributed by atoms with Crippen molar-refractivity contribution in [3.63, 3.8) is 0 Å². The summed E-state index contributed by atoms with van der Waals surface area (Å²) in [5, 5.41) is 10.0. The van der Waals surface area contributed by atoms with Gasteiger partial charge in [0.2, 0.25) is 0 Å². The number of pyridine rings is 1. The summed E-state index contributed by atoms with van der Waals surface area (Å²) in [4.78, 5) is 19.8. The van der Waals surface area contributed by atoms with Crippen molar-refractivity contribution in [2.45, 2.75) is 19.3 Å². The number of hydrogen-bond acceptors (Lipinski definition) is 8. The number of anilines is 5. The second-order valence-corrected chi connectivity index (χ2v) is 11.5. The molecule has 234 valence electrons. The summed E-state index contributed by atoms with van der Waals surface area (Å²) in [5.41, 5.74) is 9.44. The maximum Gasteiger partial charge on any atom is 0.253 e. The van der Waals surface area contributed by atoms with Crippen LogP contribution in [0.25, 0.3) is 5.57 Å². The van der Waals surface area contributed by atoms with Crippen LogP contribution in [0, 0.1) is 0 Å². The summed E-state index contributed by atoms with van der Waals surface area (Å²) >= 11 is 0. The molecule has 0 saturated carbocycles. The van der Waals surface area contributed by atoms with E-state index in [-0.39, 0.29) is 5.91 Å². The third-order valence-corrected chi connectivity index (χ3v) is 8.55. The Morgan fingerprint density at radius 1 is 0.957 bits per heavy atom. The van der Waals surface area contributed by atoms with Crippen LogP contribution in [0.4, 0.5) is 28.4 Å². The van der Waals surface area contributed by atoms with Crippen LogP contribution in [0.2, 0.25) is 0 Å². The van der Waals surface area contributed by atoms with E-state index in [4.69, 9.17) is 14.2 Å². The molecule has 3 N–H and O–H groups in total. The normalized spacial score (nSPS) is 15.9. The topological polar surface area (TPSA) is 97.0 Å². The summed E-state index contributed by atoms with van der Waals surface area (Å²) in [5.74, 6) is 1.51. The Morgan fingerprint density at radius 3 is 2.63 bits per heavy atom. The second-order valence-electron chi connectivity index (χ2n) is 11.5. The van der Waals surface area contributed by atoms with Gasteiger partial charge in [-0.1, -0.05) is 12.1 Å². The van der Waals surface area contributed by atoms with Crippen LogP contribution in [0.5, 0.6) is 11.5 Å². The molecule has 0 unspecified atom stereocenters. The zero-order valence-electron chi connectivity index (χ0n) is 25.8. The van der Waals surface area contributed by atoms with E-state index < -0.39 is 0 Å². The van der Waals surface area contributed by atoms with Crippen molar-refractivity contribution in [1.29, 1.82) is 0 Å². The molecule has 1 aliphatic carbocycles. The number of rotatable bonds is 9. The number of nitrogens with one attached hydrogen (secondary N) is 3. The van der Waals surface area contributed by atoms with Gasteiger partial charge in [0.1, 0.15) is 11.5 Å². The lowest BCUT2D eigenvalue weighted by molar-refractivity contribution is -0.113. The molecule has 0 atom stereocenters. The maximum absolute atomic E-state index is 13.3. The van der Waals surface area contributed by atoms with Gasteiger partial charge >= 0.3 is 0 Å². The Morgan fingerprint density at radius 2 is 1.83 bits per heavy atom. The van der Waals surface area contributed by atoms with E-state index in [0.29, 0.717) is 13.0 Å². The van der Waals surface area contributed by atoms with Crippen LogP contribution >= 0.6 is 0 Å². The van der Waals surface area contributed by atoms with Gasteiger partial charge in [0.25, 0.3) is 5.91 Å². The molecule has 1 fully saturated rings. The van der Waals surface area contributed by atoms with Crippen molar-refractivity contribution < 1.29 is 19.0 Å². The van der Waals surface area contributed by atoms with Gasteiger partial charge in [0, 0.05) is 42.7 Å². The highest BCUT2D eigenvalue weighted by Crippen LogP contribution is 2.38. The van der Waals surface area contributed by atoms with Gasteiger partial charge in [-0.2, -0.15) is 0 Å². The minimum Gasteiger partial charge on any atom is -0.495 e. The van der Waals surface area contributed by atoms with E-state index in [9.17, 15) is 4.79 Å². The molecule has 7 rings (SSSR count). The molecular formula is C37H37N5O4. The molecule has 1 saturated heterocycles. The number of carbonyl (C=O) groups is 1. The van der Waals surface area contributed by atoms with Crippen LogP contribution in [0.1, 0.15) is 24.0 Å². The van der Waals surface area contributed by atoms with Crippen molar-refractivity contribution in [3.8, 4) is 11.5 Å². The predicted molar refractivity (Wildman–Crippen MR) is 182 cm³/mol. The minimum atomic E-state index is -0.0705. The summed E-state index contributed by atoms with van der Waals surface area (Å²) in [6, 6.07) is 24.4. The van der Waals surface area contributed by atoms with Crippen molar-refractivity contribution in [2.75, 3.05) is 60.9 Å². The molecule has 0 spiro atoms. The monoisotopic (exact) mass is 615 g/mol. The number of aromatic nitrogens is 1. The Kier molecular flexibility index (Phi) is 8.56. The summed E-state index contributed by atoms with van der Waals surface area (Å²) in [6.45, 7) is 3.89. The van der Waals surface area contributed by atoms with E-state index in [0.717, 1.165) is 101 Å². The van der Waals surface area contributed by atoms with Gasteiger partial charge in [-0.25, -0.2) is 0 Å². The Labute approximate surface area is 268 Å². The minimum absolute atomic E-state index is 0.0705. The molecule has 9 heteroatoms. The quantitative estimate of drug-likeness (QED) is 0.190. The molecule has 1 amide bonds. The van der Waals surface area contributed by atoms with Gasteiger partial charge in [0.05, 0.1) is 55.9 Å². The number of hydrogen-bond donors (Lipinski definition) is 3. The largest absolute Gasteiger partial charge is 0.495 e. The van der Waals surface area contributed by atoms with E-state index in [1.807, 2.05) is 48.5 Å². The lowest BCUT2D eigenvalue weighted by Gasteiger charge is -2.28. The average Bonchev–Trinajstić information content (AvgIpc) is 3.24. The maximum atomic E-state index is 13.3. The number of nitrogens with zero attached hydrogens (tertiary/aromatic N) is 2. The first-order chi connectivity index (χ1) is 22.6. The molecule has 0 radical (unpaired) electrons. The van der Waals surface area contributed by atoms with Crippen LogP contribution in [-0.2, 0) is 16.0 Å². The highest BCUT2D eigenvalue weighted by molar-refractivity contribution is 6.09. The van der Waals surface area contributed by atoms with Crippen molar-refractivity contribution >= 4 is 39.9 Å². The van der Waals surface area contributed by atoms with Gasteiger partial charge in [-0.3, -0.25) is 9.78 Å². The molecule has 0 bridgehead atoms. The number of amides is 1. The fraction of sp³-hybridized carbons (Fsp3) is 0.243. The van der Waals surface area contributed by atoms with Gasteiger partial charge in [-0.15, -0.1) is 0 Å². The first kappa shape index (κ1) is 29.4. The Bertz CT molecular complexity index is 1780. The fourth-order valence-corrected chi connectivity index (χ4v) is 6.05. The lowest BCUT2D eigenvalue weighted by atomic mass is 9.90. The van der Waals surface area contributed by atoms with E-state index in [2.05, 4.69) is 56.2 Å². The lowest BCUT2D eigenvalue weighted by Crippen LogP contribution is -2.36. The van der Waals surface area contributed by atoms with Crippen LogP contribution < -0.4 is 30.3 Å². The molecule has 3 aliphatic rings. The highest BCUT2D eigenvalue weighted by Gasteiger charge is 2.25. The number of methoxy groups -OCH3 is 1. The zero-order valence-corrected chi connectivity index (χ0v) is 25.8. The number of benzene rings is 3. The Balaban J connectivity index is 1.01. The van der Waals surface area contributed by atoms with Crippen LogP contribution in [0.15, 0.2) is 103 Å². The molecule has 2 aliphatic heterocycles. The SMILES string of the molecule is COc1cc(C2=CC3=C(CC2)C(=O)Nc2cc(CCOc4ccc(N5CCOCC5)cc4)ccc2N3)ccc1Nc1cccnc1. The number of morpholine rings is 1.